The molecule has 106 valence electrons. The SMILES string of the molecule is CCNC1C(N2CCC(C)(C)CC2)CCC1(C)C. The van der Waals surface area contributed by atoms with Crippen LogP contribution in [0.25, 0.3) is 0 Å². The van der Waals surface area contributed by atoms with E-state index in [4.69, 9.17) is 0 Å². The summed E-state index contributed by atoms with van der Waals surface area (Å²) in [4.78, 5) is 2.77. The molecule has 0 aromatic rings. The summed E-state index contributed by atoms with van der Waals surface area (Å²) in [6.45, 7) is 15.7. The molecule has 1 N–H and O–H groups in total. The Hall–Kier alpha value is -0.0800. The second-order valence-electron chi connectivity index (χ2n) is 7.83. The highest BCUT2D eigenvalue weighted by atomic mass is 15.2. The van der Waals surface area contributed by atoms with Crippen molar-refractivity contribution >= 4 is 0 Å². The van der Waals surface area contributed by atoms with Crippen LogP contribution in [0.1, 0.15) is 60.3 Å². The Morgan fingerprint density at radius 2 is 1.67 bits per heavy atom. The third-order valence-corrected chi connectivity index (χ3v) is 5.36. The van der Waals surface area contributed by atoms with Crippen LogP contribution in [0.5, 0.6) is 0 Å². The molecule has 0 amide bonds. The normalized spacial score (nSPS) is 35.8. The largest absolute Gasteiger partial charge is 0.312 e. The fourth-order valence-electron chi connectivity index (χ4n) is 3.85. The molecule has 2 unspecified atom stereocenters. The van der Waals surface area contributed by atoms with Gasteiger partial charge in [0.1, 0.15) is 0 Å². The Balaban J connectivity index is 2.00. The first-order chi connectivity index (χ1) is 8.36. The lowest BCUT2D eigenvalue weighted by atomic mass is 9.81. The van der Waals surface area contributed by atoms with Gasteiger partial charge in [-0.2, -0.15) is 0 Å². The molecule has 0 aromatic carbocycles. The molecule has 1 heterocycles. The minimum atomic E-state index is 0.466. The molecule has 2 heteroatoms. The van der Waals surface area contributed by atoms with E-state index in [1.165, 1.54) is 38.8 Å². The summed E-state index contributed by atoms with van der Waals surface area (Å²) in [7, 11) is 0. The number of hydrogen-bond acceptors (Lipinski definition) is 2. The van der Waals surface area contributed by atoms with Crippen molar-refractivity contribution < 1.29 is 0 Å². The molecule has 0 radical (unpaired) electrons. The van der Waals surface area contributed by atoms with Gasteiger partial charge < -0.3 is 5.32 Å². The zero-order chi connectivity index (χ0) is 13.4. The summed E-state index contributed by atoms with van der Waals surface area (Å²) in [5.74, 6) is 0. The summed E-state index contributed by atoms with van der Waals surface area (Å²) in [5.41, 5.74) is 1.03. The Kier molecular flexibility index (Phi) is 4.08. The number of hydrogen-bond donors (Lipinski definition) is 1. The Labute approximate surface area is 114 Å². The van der Waals surface area contributed by atoms with Crippen LogP contribution in [0, 0.1) is 10.8 Å². The van der Waals surface area contributed by atoms with Gasteiger partial charge in [0, 0.05) is 12.1 Å². The van der Waals surface area contributed by atoms with Gasteiger partial charge in [0.25, 0.3) is 0 Å². The lowest BCUT2D eigenvalue weighted by molar-refractivity contribution is 0.0740. The Morgan fingerprint density at radius 1 is 1.06 bits per heavy atom. The van der Waals surface area contributed by atoms with Gasteiger partial charge in [-0.3, -0.25) is 4.90 Å². The molecule has 1 saturated carbocycles. The minimum Gasteiger partial charge on any atom is -0.312 e. The van der Waals surface area contributed by atoms with E-state index in [1.54, 1.807) is 0 Å². The molecule has 18 heavy (non-hydrogen) atoms. The number of piperidine rings is 1. The number of nitrogens with one attached hydrogen (secondary N) is 1. The molecule has 1 aliphatic heterocycles. The molecule has 2 aliphatic rings. The maximum Gasteiger partial charge on any atom is 0.0274 e. The predicted octanol–water partition coefficient (Wildman–Crippen LogP) is 3.28. The van der Waals surface area contributed by atoms with Gasteiger partial charge in [-0.25, -0.2) is 0 Å². The van der Waals surface area contributed by atoms with Gasteiger partial charge in [-0.05, 0) is 56.1 Å². The summed E-state index contributed by atoms with van der Waals surface area (Å²) in [6.07, 6.45) is 5.48. The molecule has 0 aromatic heterocycles. The summed E-state index contributed by atoms with van der Waals surface area (Å²) in [5, 5.41) is 3.76. The van der Waals surface area contributed by atoms with Crippen molar-refractivity contribution in [3.63, 3.8) is 0 Å². The minimum absolute atomic E-state index is 0.466. The monoisotopic (exact) mass is 252 g/mol. The van der Waals surface area contributed by atoms with E-state index in [1.807, 2.05) is 0 Å². The molecule has 0 spiro atoms. The lowest BCUT2D eigenvalue weighted by Crippen LogP contribution is -2.54. The van der Waals surface area contributed by atoms with Gasteiger partial charge in [-0.1, -0.05) is 34.6 Å². The van der Waals surface area contributed by atoms with Crippen molar-refractivity contribution in [3.05, 3.63) is 0 Å². The van der Waals surface area contributed by atoms with Crippen LogP contribution in [-0.4, -0.2) is 36.6 Å². The van der Waals surface area contributed by atoms with E-state index in [2.05, 4.69) is 44.8 Å². The van der Waals surface area contributed by atoms with E-state index < -0.39 is 0 Å². The highest BCUT2D eigenvalue weighted by Crippen LogP contribution is 2.42. The summed E-state index contributed by atoms with van der Waals surface area (Å²) in [6, 6.07) is 1.46. The van der Waals surface area contributed by atoms with Crippen LogP contribution < -0.4 is 5.32 Å². The van der Waals surface area contributed by atoms with Gasteiger partial charge in [-0.15, -0.1) is 0 Å². The molecule has 2 atom stereocenters. The highest BCUT2D eigenvalue weighted by molar-refractivity contribution is 5.01. The standard InChI is InChI=1S/C16H32N2/c1-6-17-14-13(7-8-16(14,4)5)18-11-9-15(2,3)10-12-18/h13-14,17H,6-12H2,1-5H3. The first-order valence-corrected chi connectivity index (χ1v) is 7.83. The third kappa shape index (κ3) is 2.91. The molecular weight excluding hydrogens is 220 g/mol. The average Bonchev–Trinajstić information content (AvgIpc) is 2.56. The maximum absolute atomic E-state index is 3.76. The van der Waals surface area contributed by atoms with E-state index in [0.29, 0.717) is 16.9 Å². The van der Waals surface area contributed by atoms with Gasteiger partial charge in [0.05, 0.1) is 0 Å². The zero-order valence-electron chi connectivity index (χ0n) is 13.1. The molecule has 0 bridgehead atoms. The second kappa shape index (κ2) is 5.13. The number of rotatable bonds is 3. The van der Waals surface area contributed by atoms with Crippen LogP contribution >= 0.6 is 0 Å². The molecule has 2 nitrogen and oxygen atoms in total. The number of likely N-dealkylation sites (N-methyl/N-ethyl adjacent to an activating group) is 1. The molecule has 2 rings (SSSR count). The van der Waals surface area contributed by atoms with E-state index in [9.17, 15) is 0 Å². The van der Waals surface area contributed by atoms with Crippen molar-refractivity contribution in [2.24, 2.45) is 10.8 Å². The molecule has 1 aliphatic carbocycles. The van der Waals surface area contributed by atoms with Crippen molar-refractivity contribution in [1.82, 2.24) is 10.2 Å². The zero-order valence-corrected chi connectivity index (χ0v) is 13.1. The fourth-order valence-corrected chi connectivity index (χ4v) is 3.85. The van der Waals surface area contributed by atoms with Crippen LogP contribution in [0.2, 0.25) is 0 Å². The lowest BCUT2D eigenvalue weighted by Gasteiger charge is -2.43. The Morgan fingerprint density at radius 3 is 2.22 bits per heavy atom. The van der Waals surface area contributed by atoms with Gasteiger partial charge in [0.2, 0.25) is 0 Å². The van der Waals surface area contributed by atoms with Crippen LogP contribution in [0.3, 0.4) is 0 Å². The van der Waals surface area contributed by atoms with Crippen LogP contribution in [-0.2, 0) is 0 Å². The van der Waals surface area contributed by atoms with Crippen molar-refractivity contribution in [3.8, 4) is 0 Å². The molecular formula is C16H32N2. The van der Waals surface area contributed by atoms with Crippen molar-refractivity contribution in [2.45, 2.75) is 72.4 Å². The van der Waals surface area contributed by atoms with Gasteiger partial charge in [0.15, 0.2) is 0 Å². The van der Waals surface area contributed by atoms with E-state index in [0.717, 1.165) is 12.6 Å². The predicted molar refractivity (Wildman–Crippen MR) is 78.9 cm³/mol. The van der Waals surface area contributed by atoms with Crippen molar-refractivity contribution in [2.75, 3.05) is 19.6 Å². The van der Waals surface area contributed by atoms with E-state index >= 15 is 0 Å². The summed E-state index contributed by atoms with van der Waals surface area (Å²) >= 11 is 0. The first kappa shape index (κ1) is 14.3. The highest BCUT2D eigenvalue weighted by Gasteiger charge is 2.44. The average molecular weight is 252 g/mol. The second-order valence-corrected chi connectivity index (χ2v) is 7.83. The maximum atomic E-state index is 3.76. The van der Waals surface area contributed by atoms with Crippen molar-refractivity contribution in [1.29, 1.82) is 0 Å². The Bertz CT molecular complexity index is 273. The first-order valence-electron chi connectivity index (χ1n) is 7.83. The van der Waals surface area contributed by atoms with Crippen LogP contribution in [0.15, 0.2) is 0 Å². The number of nitrogens with zero attached hydrogens (tertiary/aromatic N) is 1. The van der Waals surface area contributed by atoms with E-state index in [-0.39, 0.29) is 0 Å². The van der Waals surface area contributed by atoms with Crippen LogP contribution in [0.4, 0.5) is 0 Å². The van der Waals surface area contributed by atoms with Gasteiger partial charge >= 0.3 is 0 Å². The smallest absolute Gasteiger partial charge is 0.0274 e. The fraction of sp³-hybridized carbons (Fsp3) is 1.00. The third-order valence-electron chi connectivity index (χ3n) is 5.36. The topological polar surface area (TPSA) is 15.3 Å². The molecule has 1 saturated heterocycles. The number of likely N-dealkylation sites (tertiary alicyclic amines) is 1. The summed E-state index contributed by atoms with van der Waals surface area (Å²) < 4.78 is 0. The quantitative estimate of drug-likeness (QED) is 0.829. The molecule has 2 fully saturated rings.